The highest BCUT2D eigenvalue weighted by Gasteiger charge is 2.40. The lowest BCUT2D eigenvalue weighted by atomic mass is 9.94. The third-order valence-corrected chi connectivity index (χ3v) is 6.89. The Hall–Kier alpha value is -3.74. The number of carbonyl (C=O) groups is 4. The smallest absolute Gasteiger partial charge is 0.338 e. The van der Waals surface area contributed by atoms with E-state index in [0.717, 1.165) is 43.0 Å². The Morgan fingerprint density at radius 1 is 1.00 bits per heavy atom. The predicted molar refractivity (Wildman–Crippen MR) is 126 cm³/mol. The average molecular weight is 459 g/mol. The van der Waals surface area contributed by atoms with Gasteiger partial charge >= 0.3 is 5.97 Å². The van der Waals surface area contributed by atoms with E-state index in [2.05, 4.69) is 4.98 Å². The standard InChI is InChI=1S/C27H26N2O5/c1-15-23(20-10-6-7-11-22(20)28-15)24(30)16(2)34-27(33)17-12-13-19-21(14-17)26(32)29(25(19)31)18-8-4-3-5-9-18/h6-7,10-14,16,18,28H,3-5,8-9H2,1-2H3. The number of aromatic nitrogens is 1. The van der Waals surface area contributed by atoms with Crippen molar-refractivity contribution in [2.75, 3.05) is 0 Å². The summed E-state index contributed by atoms with van der Waals surface area (Å²) in [7, 11) is 0. The number of ketones is 1. The second-order valence-corrected chi connectivity index (χ2v) is 9.11. The molecule has 0 bridgehead atoms. The number of benzene rings is 2. The quantitative estimate of drug-likeness (QED) is 0.335. The highest BCUT2D eigenvalue weighted by molar-refractivity contribution is 6.22. The summed E-state index contributed by atoms with van der Waals surface area (Å²) < 4.78 is 5.48. The van der Waals surface area contributed by atoms with Crippen molar-refractivity contribution in [3.05, 3.63) is 70.4 Å². The summed E-state index contributed by atoms with van der Waals surface area (Å²) in [5.74, 6) is -1.68. The molecule has 1 fully saturated rings. The maximum absolute atomic E-state index is 13.1. The number of imide groups is 1. The van der Waals surface area contributed by atoms with Gasteiger partial charge in [-0.25, -0.2) is 4.79 Å². The van der Waals surface area contributed by atoms with Gasteiger partial charge in [0.2, 0.25) is 5.78 Å². The fourth-order valence-corrected chi connectivity index (χ4v) is 5.14. The molecule has 2 heterocycles. The molecule has 7 nitrogen and oxygen atoms in total. The number of Topliss-reactive ketones (excluding diaryl/α,β-unsaturated/α-hetero) is 1. The Balaban J connectivity index is 1.35. The third-order valence-electron chi connectivity index (χ3n) is 6.89. The van der Waals surface area contributed by atoms with E-state index in [9.17, 15) is 19.2 Å². The number of para-hydroxylation sites is 1. The lowest BCUT2D eigenvalue weighted by Gasteiger charge is -2.29. The van der Waals surface area contributed by atoms with Gasteiger partial charge < -0.3 is 9.72 Å². The van der Waals surface area contributed by atoms with Crippen LogP contribution < -0.4 is 0 Å². The molecule has 1 unspecified atom stereocenters. The summed E-state index contributed by atoms with van der Waals surface area (Å²) in [6.45, 7) is 3.34. The van der Waals surface area contributed by atoms with Gasteiger partial charge in [-0.2, -0.15) is 0 Å². The Morgan fingerprint density at radius 2 is 1.71 bits per heavy atom. The molecule has 2 aromatic carbocycles. The van der Waals surface area contributed by atoms with Gasteiger partial charge in [-0.1, -0.05) is 37.5 Å². The number of nitrogens with zero attached hydrogens (tertiary/aromatic N) is 1. The highest BCUT2D eigenvalue weighted by Crippen LogP contribution is 2.32. The molecule has 0 radical (unpaired) electrons. The fourth-order valence-electron chi connectivity index (χ4n) is 5.14. The fraction of sp³-hybridized carbons (Fsp3) is 0.333. The van der Waals surface area contributed by atoms with Crippen LogP contribution in [0.1, 0.15) is 86.2 Å². The third kappa shape index (κ3) is 3.61. The van der Waals surface area contributed by atoms with Gasteiger partial charge in [0.1, 0.15) is 0 Å². The van der Waals surface area contributed by atoms with Gasteiger partial charge in [0.05, 0.1) is 16.7 Å². The Labute approximate surface area is 197 Å². The minimum atomic E-state index is -1.02. The summed E-state index contributed by atoms with van der Waals surface area (Å²) >= 11 is 0. The molecule has 5 rings (SSSR count). The molecule has 2 amide bonds. The zero-order valence-corrected chi connectivity index (χ0v) is 19.2. The van der Waals surface area contributed by atoms with Crippen LogP contribution >= 0.6 is 0 Å². The SMILES string of the molecule is Cc1[nH]c2ccccc2c1C(=O)C(C)OC(=O)c1ccc2c(c1)C(=O)N(C1CCCCC1)C2=O. The van der Waals surface area contributed by atoms with Gasteiger partial charge in [0, 0.05) is 28.2 Å². The number of esters is 1. The minimum Gasteiger partial charge on any atom is -0.451 e. The number of nitrogens with one attached hydrogen (secondary N) is 1. The number of carbonyl (C=O) groups excluding carboxylic acids is 4. The largest absolute Gasteiger partial charge is 0.451 e. The first-order chi connectivity index (χ1) is 16.4. The van der Waals surface area contributed by atoms with Crippen LogP contribution in [-0.4, -0.2) is 45.6 Å². The lowest BCUT2D eigenvalue weighted by molar-refractivity contribution is 0.0319. The molecule has 2 aliphatic rings. The van der Waals surface area contributed by atoms with Crippen LogP contribution in [0.2, 0.25) is 0 Å². The summed E-state index contributed by atoms with van der Waals surface area (Å²) in [5, 5.41) is 0.775. The molecule has 0 spiro atoms. The van der Waals surface area contributed by atoms with Crippen molar-refractivity contribution < 1.29 is 23.9 Å². The zero-order chi connectivity index (χ0) is 24.0. The van der Waals surface area contributed by atoms with Crippen LogP contribution in [-0.2, 0) is 4.74 Å². The Morgan fingerprint density at radius 3 is 2.47 bits per heavy atom. The molecular weight excluding hydrogens is 432 g/mol. The van der Waals surface area contributed by atoms with E-state index in [1.165, 1.54) is 30.0 Å². The van der Waals surface area contributed by atoms with Crippen molar-refractivity contribution >= 4 is 34.5 Å². The number of H-pyrrole nitrogens is 1. The molecule has 1 aromatic heterocycles. The normalized spacial score (nSPS) is 17.2. The van der Waals surface area contributed by atoms with Crippen molar-refractivity contribution in [2.24, 2.45) is 0 Å². The first-order valence-electron chi connectivity index (χ1n) is 11.7. The monoisotopic (exact) mass is 458 g/mol. The highest BCUT2D eigenvalue weighted by atomic mass is 16.5. The summed E-state index contributed by atoms with van der Waals surface area (Å²) in [6, 6.07) is 11.8. The number of hydrogen-bond donors (Lipinski definition) is 1. The van der Waals surface area contributed by atoms with Gasteiger partial charge in [-0.05, 0) is 51.0 Å². The predicted octanol–water partition coefficient (Wildman–Crippen LogP) is 4.83. The van der Waals surface area contributed by atoms with Crippen molar-refractivity contribution in [2.45, 2.75) is 58.1 Å². The van der Waals surface area contributed by atoms with E-state index in [-0.39, 0.29) is 34.8 Å². The molecule has 1 atom stereocenters. The van der Waals surface area contributed by atoms with Gasteiger partial charge in [0.15, 0.2) is 6.10 Å². The van der Waals surface area contributed by atoms with E-state index < -0.39 is 12.1 Å². The molecule has 0 saturated heterocycles. The summed E-state index contributed by atoms with van der Waals surface area (Å²) in [5.41, 5.74) is 2.71. The van der Waals surface area contributed by atoms with Gasteiger partial charge in [-0.3, -0.25) is 19.3 Å². The number of rotatable bonds is 5. The summed E-state index contributed by atoms with van der Waals surface area (Å²) in [4.78, 5) is 56.4. The average Bonchev–Trinajstić information content (AvgIpc) is 3.31. The second kappa shape index (κ2) is 8.56. The number of hydrogen-bond acceptors (Lipinski definition) is 5. The van der Waals surface area contributed by atoms with Crippen LogP contribution in [0.5, 0.6) is 0 Å². The zero-order valence-electron chi connectivity index (χ0n) is 19.2. The molecule has 34 heavy (non-hydrogen) atoms. The maximum atomic E-state index is 13.1. The molecule has 7 heteroatoms. The molecule has 1 aliphatic heterocycles. The van der Waals surface area contributed by atoms with Crippen LogP contribution in [0.25, 0.3) is 10.9 Å². The van der Waals surface area contributed by atoms with Crippen molar-refractivity contribution in [3.8, 4) is 0 Å². The number of aryl methyl sites for hydroxylation is 1. The van der Waals surface area contributed by atoms with E-state index >= 15 is 0 Å². The lowest BCUT2D eigenvalue weighted by Crippen LogP contribution is -2.40. The molecule has 174 valence electrons. The first-order valence-corrected chi connectivity index (χ1v) is 11.7. The van der Waals surface area contributed by atoms with E-state index in [4.69, 9.17) is 4.74 Å². The van der Waals surface area contributed by atoms with Crippen molar-refractivity contribution in [3.63, 3.8) is 0 Å². The molecule has 1 aliphatic carbocycles. The number of ether oxygens (including phenoxy) is 1. The molecule has 1 N–H and O–H groups in total. The van der Waals surface area contributed by atoms with Crippen LogP contribution in [0, 0.1) is 6.92 Å². The Kier molecular flexibility index (Phi) is 5.55. The summed E-state index contributed by atoms with van der Waals surface area (Å²) in [6.07, 6.45) is 3.72. The van der Waals surface area contributed by atoms with Crippen LogP contribution in [0.4, 0.5) is 0 Å². The number of aromatic amines is 1. The van der Waals surface area contributed by atoms with Crippen LogP contribution in [0.3, 0.4) is 0 Å². The molecular formula is C27H26N2O5. The van der Waals surface area contributed by atoms with Gasteiger partial charge in [0.25, 0.3) is 11.8 Å². The first kappa shape index (κ1) is 22.1. The topological polar surface area (TPSA) is 96.5 Å². The molecule has 3 aromatic rings. The minimum absolute atomic E-state index is 0.0893. The van der Waals surface area contributed by atoms with Crippen molar-refractivity contribution in [1.29, 1.82) is 0 Å². The number of amides is 2. The van der Waals surface area contributed by atoms with Crippen LogP contribution in [0.15, 0.2) is 42.5 Å². The van der Waals surface area contributed by atoms with E-state index in [0.29, 0.717) is 16.8 Å². The van der Waals surface area contributed by atoms with Crippen molar-refractivity contribution in [1.82, 2.24) is 9.88 Å². The maximum Gasteiger partial charge on any atom is 0.338 e. The molecule has 1 saturated carbocycles. The number of fused-ring (bicyclic) bond motifs is 2. The second-order valence-electron chi connectivity index (χ2n) is 9.11. The Bertz CT molecular complexity index is 1330. The van der Waals surface area contributed by atoms with E-state index in [1.54, 1.807) is 0 Å². The van der Waals surface area contributed by atoms with E-state index in [1.807, 2.05) is 31.2 Å². The van der Waals surface area contributed by atoms with Gasteiger partial charge in [-0.15, -0.1) is 0 Å².